The van der Waals surface area contributed by atoms with Gasteiger partial charge in [0.25, 0.3) is 0 Å². The molecule has 1 amide bonds. The second-order valence-corrected chi connectivity index (χ2v) is 16.2. The molecule has 8 heteroatoms. The van der Waals surface area contributed by atoms with Crippen LogP contribution >= 0.6 is 0 Å². The molecule has 0 radical (unpaired) electrons. The summed E-state index contributed by atoms with van der Waals surface area (Å²) in [6, 6.07) is 0. The van der Waals surface area contributed by atoms with Crippen LogP contribution in [0.3, 0.4) is 0 Å². The summed E-state index contributed by atoms with van der Waals surface area (Å²) in [6.45, 7) is 21.2. The molecule has 5 aliphatic rings. The first kappa shape index (κ1) is 31.0. The van der Waals surface area contributed by atoms with E-state index in [1.807, 2.05) is 26.0 Å². The molecule has 0 bridgehead atoms. The van der Waals surface area contributed by atoms with Gasteiger partial charge in [-0.3, -0.25) is 9.59 Å². The Balaban J connectivity index is 1.60. The number of nitrogens with one attached hydrogen (secondary N) is 1. The molecule has 1 N–H and O–H groups in total. The molecule has 0 heterocycles. The van der Waals surface area contributed by atoms with E-state index in [1.54, 1.807) is 0 Å². The first-order chi connectivity index (χ1) is 19.2. The second kappa shape index (κ2) is 9.29. The molecule has 3 fully saturated rings. The summed E-state index contributed by atoms with van der Waals surface area (Å²) in [5.74, 6) is -1.21. The van der Waals surface area contributed by atoms with Gasteiger partial charge in [-0.15, -0.1) is 0 Å². The fourth-order valence-electron chi connectivity index (χ4n) is 10.6. The number of carbonyl (C=O) groups excluding carboxylic acids is 3. The van der Waals surface area contributed by atoms with Crippen LogP contribution in [-0.2, 0) is 14.4 Å². The third kappa shape index (κ3) is 4.34. The van der Waals surface area contributed by atoms with Crippen molar-refractivity contribution in [1.29, 1.82) is 0 Å². The Kier molecular flexibility index (Phi) is 6.86. The molecule has 3 saturated carbocycles. The predicted molar refractivity (Wildman–Crippen MR) is 154 cm³/mol. The minimum atomic E-state index is -4.48. The van der Waals surface area contributed by atoms with Crippen LogP contribution in [0.2, 0.25) is 0 Å². The van der Waals surface area contributed by atoms with E-state index < -0.39 is 40.3 Å². The average molecular weight is 587 g/mol. The van der Waals surface area contributed by atoms with Crippen molar-refractivity contribution in [1.82, 2.24) is 5.32 Å². The molecule has 0 aliphatic heterocycles. The predicted octanol–water partition coefficient (Wildman–Crippen LogP) is 7.63. The zero-order valence-corrected chi connectivity index (χ0v) is 26.1. The summed E-state index contributed by atoms with van der Waals surface area (Å²) >= 11 is 0. The first-order valence-electron chi connectivity index (χ1n) is 15.4. The Labute approximate surface area is 248 Å². The summed E-state index contributed by atoms with van der Waals surface area (Å²) in [5.41, 5.74) is -1.56. The second-order valence-electron chi connectivity index (χ2n) is 16.2. The van der Waals surface area contributed by atoms with Gasteiger partial charge < -0.3 is 10.1 Å². The lowest BCUT2D eigenvalue weighted by molar-refractivity contribution is -0.175. The number of halogens is 3. The molecular formula is C34H45F3N2O3. The van der Waals surface area contributed by atoms with Crippen molar-refractivity contribution in [3.05, 3.63) is 34.8 Å². The van der Waals surface area contributed by atoms with E-state index in [1.165, 1.54) is 0 Å². The Morgan fingerprint density at radius 2 is 1.67 bits per heavy atom. The number of hydrogen-bond donors (Lipinski definition) is 1. The Morgan fingerprint density at radius 1 is 1.02 bits per heavy atom. The summed E-state index contributed by atoms with van der Waals surface area (Å²) in [5, 5.41) is 2.10. The molecule has 42 heavy (non-hydrogen) atoms. The molecule has 5 aliphatic carbocycles. The van der Waals surface area contributed by atoms with Gasteiger partial charge in [0.15, 0.2) is 11.6 Å². The molecule has 0 saturated heterocycles. The van der Waals surface area contributed by atoms with Gasteiger partial charge >= 0.3 is 6.18 Å². The molecule has 230 valence electrons. The van der Waals surface area contributed by atoms with Crippen LogP contribution in [0.5, 0.6) is 0 Å². The molecule has 5 nitrogen and oxygen atoms in total. The molecule has 0 unspecified atom stereocenters. The number of rotatable bonds is 3. The van der Waals surface area contributed by atoms with Crippen LogP contribution in [0, 0.1) is 56.8 Å². The van der Waals surface area contributed by atoms with Crippen molar-refractivity contribution in [2.45, 2.75) is 106 Å². The third-order valence-electron chi connectivity index (χ3n) is 13.0. The van der Waals surface area contributed by atoms with E-state index in [2.05, 4.69) is 44.8 Å². The third-order valence-corrected chi connectivity index (χ3v) is 13.0. The summed E-state index contributed by atoms with van der Waals surface area (Å²) in [4.78, 5) is 44.3. The maximum absolute atomic E-state index is 14.5. The maximum Gasteiger partial charge on any atom is 0.405 e. The largest absolute Gasteiger partial charge is 0.405 e. The van der Waals surface area contributed by atoms with E-state index in [0.717, 1.165) is 31.3 Å². The van der Waals surface area contributed by atoms with Crippen LogP contribution < -0.4 is 5.32 Å². The summed E-state index contributed by atoms with van der Waals surface area (Å²) < 4.78 is 38.7. The van der Waals surface area contributed by atoms with Gasteiger partial charge in [0, 0.05) is 23.2 Å². The van der Waals surface area contributed by atoms with E-state index in [9.17, 15) is 27.6 Å². The van der Waals surface area contributed by atoms with Crippen LogP contribution in [0.1, 0.15) is 99.8 Å². The zero-order valence-electron chi connectivity index (χ0n) is 26.1. The first-order valence-corrected chi connectivity index (χ1v) is 15.4. The number of hydrogen-bond acceptors (Lipinski definition) is 3. The fraction of sp³-hybridized carbons (Fsp3) is 0.765. The minimum absolute atomic E-state index is 0.00413. The van der Waals surface area contributed by atoms with Crippen molar-refractivity contribution < 1.29 is 27.6 Å². The smallest absolute Gasteiger partial charge is 0.347 e. The number of allylic oxidation sites excluding steroid dienone is 4. The number of amides is 1. The SMILES string of the molecule is [C-]#[N+]C1=C[C@]2(C)C3=CC(=O)[C@@H]4[C@@H]5CC(C)(C)CC[C@]5(CC(=O)NCC(F)(F)F)CC[C@@]4(C)[C@]3(C)CC[C@H]2C(C)(C)C1=O. The molecule has 7 atom stereocenters. The van der Waals surface area contributed by atoms with E-state index in [0.29, 0.717) is 19.3 Å². The lowest BCUT2D eigenvalue weighted by atomic mass is 9.34. The van der Waals surface area contributed by atoms with Gasteiger partial charge in [-0.2, -0.15) is 13.2 Å². The van der Waals surface area contributed by atoms with Crippen molar-refractivity contribution >= 4 is 17.5 Å². The van der Waals surface area contributed by atoms with Crippen LogP contribution in [0.15, 0.2) is 23.4 Å². The summed E-state index contributed by atoms with van der Waals surface area (Å²) in [7, 11) is 0. The molecule has 0 aromatic rings. The van der Waals surface area contributed by atoms with Crippen molar-refractivity contribution in [3.63, 3.8) is 0 Å². The number of nitrogens with zero attached hydrogens (tertiary/aromatic N) is 1. The Morgan fingerprint density at radius 3 is 2.29 bits per heavy atom. The van der Waals surface area contributed by atoms with Crippen molar-refractivity contribution in [2.75, 3.05) is 6.54 Å². The average Bonchev–Trinajstić information content (AvgIpc) is 2.87. The lowest BCUT2D eigenvalue weighted by Crippen LogP contribution is -2.65. The molecule has 0 spiro atoms. The standard InChI is InChI=1S/C34H45F3N2O3/c1-28(2)11-13-33(18-25(41)39-19-34(35,36)37)14-12-32(7)26(20(33)16-28)22(40)15-24-30(5)17-21(38-8)27(42)29(3,4)23(30)9-10-31(24,32)6/h15,17,20,23,26H,9-14,16,18-19H2,1-7H3,(H,39,41)/t20-,23-,26-,30-,31+,32+,33+/m0/s1. The number of carbonyl (C=O) groups is 3. The minimum Gasteiger partial charge on any atom is -0.347 e. The molecule has 0 aromatic carbocycles. The number of Topliss-reactive ketones (excluding diaryl/α,β-unsaturated/α-hetero) is 1. The van der Waals surface area contributed by atoms with E-state index in [4.69, 9.17) is 6.57 Å². The number of ketones is 2. The molecular weight excluding hydrogens is 541 g/mol. The van der Waals surface area contributed by atoms with Gasteiger partial charge in [-0.1, -0.05) is 60.1 Å². The van der Waals surface area contributed by atoms with Crippen molar-refractivity contribution in [3.8, 4) is 0 Å². The highest BCUT2D eigenvalue weighted by atomic mass is 19.4. The van der Waals surface area contributed by atoms with Gasteiger partial charge in [0.05, 0.1) is 6.57 Å². The van der Waals surface area contributed by atoms with Crippen molar-refractivity contribution in [2.24, 2.45) is 50.2 Å². The zero-order chi connectivity index (χ0) is 31.3. The van der Waals surface area contributed by atoms with Gasteiger partial charge in [0.2, 0.25) is 11.6 Å². The highest BCUT2D eigenvalue weighted by Gasteiger charge is 2.69. The fourth-order valence-corrected chi connectivity index (χ4v) is 10.6. The van der Waals surface area contributed by atoms with Gasteiger partial charge in [0.1, 0.15) is 6.54 Å². The molecule has 5 rings (SSSR count). The van der Waals surface area contributed by atoms with Crippen LogP contribution in [0.25, 0.3) is 4.85 Å². The van der Waals surface area contributed by atoms with Gasteiger partial charge in [-0.05, 0) is 84.5 Å². The molecule has 0 aromatic heterocycles. The monoisotopic (exact) mass is 586 g/mol. The summed E-state index contributed by atoms with van der Waals surface area (Å²) in [6.07, 6.45) is 4.49. The lowest BCUT2D eigenvalue weighted by Gasteiger charge is -2.69. The quantitative estimate of drug-likeness (QED) is 0.346. The van der Waals surface area contributed by atoms with Crippen LogP contribution in [-0.4, -0.2) is 30.2 Å². The number of fused-ring (bicyclic) bond motifs is 7. The Bertz CT molecular complexity index is 1340. The highest BCUT2D eigenvalue weighted by molar-refractivity contribution is 6.03. The normalized spacial score (nSPS) is 42.1. The van der Waals surface area contributed by atoms with E-state index >= 15 is 0 Å². The maximum atomic E-state index is 14.5. The highest BCUT2D eigenvalue weighted by Crippen LogP contribution is 2.74. The number of alkyl halides is 3. The van der Waals surface area contributed by atoms with Gasteiger partial charge in [-0.25, -0.2) is 4.85 Å². The Hall–Kier alpha value is -2.43. The topological polar surface area (TPSA) is 67.6 Å². The van der Waals surface area contributed by atoms with Crippen LogP contribution in [0.4, 0.5) is 13.2 Å². The van der Waals surface area contributed by atoms with E-state index in [-0.39, 0.29) is 52.3 Å².